The summed E-state index contributed by atoms with van der Waals surface area (Å²) in [6.07, 6.45) is 0.163. The quantitative estimate of drug-likeness (QED) is 0.410. The molecule has 1 atom stereocenters. The van der Waals surface area contributed by atoms with E-state index in [-0.39, 0.29) is 24.2 Å². The Morgan fingerprint density at radius 3 is 2.69 bits per heavy atom. The second-order valence-electron chi connectivity index (χ2n) is 8.69. The number of nitrogens with one attached hydrogen (secondary N) is 1. The van der Waals surface area contributed by atoms with Gasteiger partial charge >= 0.3 is 6.18 Å². The Hall–Kier alpha value is -4.02. The van der Waals surface area contributed by atoms with Crippen molar-refractivity contribution in [1.29, 1.82) is 0 Å². The van der Waals surface area contributed by atoms with Gasteiger partial charge < -0.3 is 10.2 Å². The van der Waals surface area contributed by atoms with Gasteiger partial charge in [-0.25, -0.2) is 19.0 Å². The summed E-state index contributed by atoms with van der Waals surface area (Å²) in [6.45, 7) is 1.11. The summed E-state index contributed by atoms with van der Waals surface area (Å²) in [4.78, 5) is 23.5. The molecule has 2 aromatic carbocycles. The highest BCUT2D eigenvalue weighted by Gasteiger charge is 2.31. The molecule has 4 aromatic rings. The highest BCUT2D eigenvalue weighted by atomic mass is 19.4. The number of carbonyl (C=O) groups is 1. The first-order valence-electron chi connectivity index (χ1n) is 11.4. The minimum Gasteiger partial charge on any atom is -0.355 e. The highest BCUT2D eigenvalue weighted by Crippen LogP contribution is 2.30. The lowest BCUT2D eigenvalue weighted by molar-refractivity contribution is -0.137. The summed E-state index contributed by atoms with van der Waals surface area (Å²) in [5.74, 6) is -0.267. The van der Waals surface area contributed by atoms with Gasteiger partial charge in [-0.1, -0.05) is 12.1 Å². The Kier molecular flexibility index (Phi) is 6.29. The first-order valence-corrected chi connectivity index (χ1v) is 11.4. The number of rotatable bonds is 5. The maximum atomic E-state index is 13.3. The standard InChI is InChI=1S/C25H22F4N6O/c26-19-6-8-20(9-7-19)35-14-21-22(33-35)31-15-32-23(21)34-10-2-4-17(13-34)24(36)30-12-16-3-1-5-18(11-16)25(27,28)29/h1,3,5-9,11,14-15,17H,2,4,10,12-13H2,(H,30,36). The Morgan fingerprint density at radius 1 is 1.11 bits per heavy atom. The highest BCUT2D eigenvalue weighted by molar-refractivity contribution is 5.87. The van der Waals surface area contributed by atoms with Crippen LogP contribution in [0.4, 0.5) is 23.4 Å². The van der Waals surface area contributed by atoms with E-state index in [4.69, 9.17) is 0 Å². The molecule has 3 heterocycles. The molecule has 11 heteroatoms. The minimum atomic E-state index is -4.43. The zero-order valence-corrected chi connectivity index (χ0v) is 19.0. The summed E-state index contributed by atoms with van der Waals surface area (Å²) < 4.78 is 53.8. The molecule has 1 aliphatic rings. The molecule has 0 spiro atoms. The van der Waals surface area contributed by atoms with Crippen LogP contribution in [0.1, 0.15) is 24.0 Å². The molecule has 0 aliphatic carbocycles. The molecule has 36 heavy (non-hydrogen) atoms. The van der Waals surface area contributed by atoms with Gasteiger partial charge in [0.15, 0.2) is 5.65 Å². The zero-order chi connectivity index (χ0) is 25.3. The van der Waals surface area contributed by atoms with Crippen LogP contribution >= 0.6 is 0 Å². The smallest absolute Gasteiger partial charge is 0.355 e. The molecule has 0 bridgehead atoms. The average molecular weight is 498 g/mol. The molecule has 0 radical (unpaired) electrons. The number of halogens is 4. The van der Waals surface area contributed by atoms with Crippen LogP contribution in [0.5, 0.6) is 0 Å². The number of benzene rings is 2. The molecule has 1 fully saturated rings. The van der Waals surface area contributed by atoms with Gasteiger partial charge in [0.25, 0.3) is 0 Å². The number of carbonyl (C=O) groups excluding carboxylic acids is 1. The molecule has 1 unspecified atom stereocenters. The van der Waals surface area contributed by atoms with E-state index in [0.29, 0.717) is 47.6 Å². The molecule has 1 N–H and O–H groups in total. The van der Waals surface area contributed by atoms with Gasteiger partial charge in [-0.3, -0.25) is 4.79 Å². The van der Waals surface area contributed by atoms with Crippen molar-refractivity contribution >= 4 is 22.8 Å². The van der Waals surface area contributed by atoms with Gasteiger partial charge in [0.05, 0.1) is 22.6 Å². The topological polar surface area (TPSA) is 75.9 Å². The second-order valence-corrected chi connectivity index (χ2v) is 8.69. The van der Waals surface area contributed by atoms with E-state index >= 15 is 0 Å². The molecular weight excluding hydrogens is 476 g/mol. The van der Waals surface area contributed by atoms with Gasteiger partial charge in [0.1, 0.15) is 18.0 Å². The van der Waals surface area contributed by atoms with Crippen LogP contribution in [0.15, 0.2) is 61.1 Å². The van der Waals surface area contributed by atoms with Gasteiger partial charge in [-0.2, -0.15) is 13.2 Å². The second kappa shape index (κ2) is 9.56. The van der Waals surface area contributed by atoms with Crippen LogP contribution in [0.25, 0.3) is 16.7 Å². The van der Waals surface area contributed by atoms with Crippen LogP contribution in [0.2, 0.25) is 0 Å². The summed E-state index contributed by atoms with van der Waals surface area (Å²) in [6, 6.07) is 10.9. The Labute approximate surface area is 203 Å². The number of nitrogens with zero attached hydrogens (tertiary/aromatic N) is 5. The van der Waals surface area contributed by atoms with Crippen molar-refractivity contribution in [1.82, 2.24) is 25.1 Å². The molecule has 7 nitrogen and oxygen atoms in total. The lowest BCUT2D eigenvalue weighted by Gasteiger charge is -2.33. The Morgan fingerprint density at radius 2 is 1.92 bits per heavy atom. The van der Waals surface area contributed by atoms with Crippen molar-refractivity contribution in [3.05, 3.63) is 78.0 Å². The number of alkyl halides is 3. The van der Waals surface area contributed by atoms with Crippen LogP contribution in [-0.4, -0.2) is 38.7 Å². The number of hydrogen-bond donors (Lipinski definition) is 1. The minimum absolute atomic E-state index is 0.0153. The van der Waals surface area contributed by atoms with Gasteiger partial charge in [0, 0.05) is 25.8 Å². The normalized spacial score (nSPS) is 16.3. The average Bonchev–Trinajstić information content (AvgIpc) is 3.32. The SMILES string of the molecule is O=C(NCc1cccc(C(F)(F)F)c1)C1CCCN(c2ncnc3nn(-c4ccc(F)cc4)cc23)C1. The van der Waals surface area contributed by atoms with Gasteiger partial charge in [-0.05, 0) is 54.8 Å². The molecule has 2 aromatic heterocycles. The maximum Gasteiger partial charge on any atom is 0.416 e. The van der Waals surface area contributed by atoms with Crippen molar-refractivity contribution in [3.63, 3.8) is 0 Å². The molecule has 0 saturated carbocycles. The summed E-state index contributed by atoms with van der Waals surface area (Å²) >= 11 is 0. The van der Waals surface area contributed by atoms with E-state index in [1.54, 1.807) is 29.1 Å². The van der Waals surface area contributed by atoms with Crippen LogP contribution in [-0.2, 0) is 17.5 Å². The number of amides is 1. The predicted molar refractivity (Wildman–Crippen MR) is 125 cm³/mol. The number of anilines is 1. The number of aromatic nitrogens is 4. The molecule has 186 valence electrons. The van der Waals surface area contributed by atoms with E-state index in [2.05, 4.69) is 20.4 Å². The van der Waals surface area contributed by atoms with E-state index < -0.39 is 11.7 Å². The van der Waals surface area contributed by atoms with Crippen molar-refractivity contribution in [3.8, 4) is 5.69 Å². The van der Waals surface area contributed by atoms with Crippen LogP contribution in [0, 0.1) is 11.7 Å². The van der Waals surface area contributed by atoms with Crippen molar-refractivity contribution in [2.24, 2.45) is 5.92 Å². The first kappa shape index (κ1) is 23.7. The van der Waals surface area contributed by atoms with Gasteiger partial charge in [0.2, 0.25) is 5.91 Å². The zero-order valence-electron chi connectivity index (χ0n) is 19.0. The monoisotopic (exact) mass is 498 g/mol. The summed E-state index contributed by atoms with van der Waals surface area (Å²) in [5, 5.41) is 7.94. The fourth-order valence-electron chi connectivity index (χ4n) is 4.38. The van der Waals surface area contributed by atoms with Crippen molar-refractivity contribution in [2.75, 3.05) is 18.0 Å². The van der Waals surface area contributed by atoms with Gasteiger partial charge in [-0.15, -0.1) is 5.10 Å². The Bertz CT molecular complexity index is 1390. The third-order valence-corrected chi connectivity index (χ3v) is 6.20. The van der Waals surface area contributed by atoms with E-state index in [0.717, 1.165) is 18.6 Å². The third kappa shape index (κ3) is 5.00. The van der Waals surface area contributed by atoms with Crippen molar-refractivity contribution < 1.29 is 22.4 Å². The Balaban J connectivity index is 1.30. The first-order chi connectivity index (χ1) is 17.3. The van der Waals surface area contributed by atoms with Crippen LogP contribution < -0.4 is 10.2 Å². The fraction of sp³-hybridized carbons (Fsp3) is 0.280. The lowest BCUT2D eigenvalue weighted by atomic mass is 9.97. The predicted octanol–water partition coefficient (Wildman–Crippen LogP) is 4.51. The largest absolute Gasteiger partial charge is 0.416 e. The van der Waals surface area contributed by atoms with E-state index in [9.17, 15) is 22.4 Å². The fourth-order valence-corrected chi connectivity index (χ4v) is 4.38. The molecule has 5 rings (SSSR count). The number of fused-ring (bicyclic) bond motifs is 1. The van der Waals surface area contributed by atoms with E-state index in [1.807, 2.05) is 4.90 Å². The lowest BCUT2D eigenvalue weighted by Crippen LogP contribution is -2.43. The number of piperidine rings is 1. The van der Waals surface area contributed by atoms with E-state index in [1.165, 1.54) is 24.5 Å². The number of hydrogen-bond acceptors (Lipinski definition) is 5. The molecule has 1 aliphatic heterocycles. The molecular formula is C25H22F4N6O. The van der Waals surface area contributed by atoms with Crippen molar-refractivity contribution in [2.45, 2.75) is 25.6 Å². The van der Waals surface area contributed by atoms with Crippen LogP contribution in [0.3, 0.4) is 0 Å². The molecule has 1 amide bonds. The summed E-state index contributed by atoms with van der Waals surface area (Å²) in [7, 11) is 0. The summed E-state index contributed by atoms with van der Waals surface area (Å²) in [5.41, 5.74) is 0.787. The third-order valence-electron chi connectivity index (χ3n) is 6.20. The maximum absolute atomic E-state index is 13.3. The molecule has 1 saturated heterocycles.